The standard InChI is InChI=1S/C19H27N5O2S/c1-3-14(2)21-16(25)7-8-17(26)23-10-5-11-24(13-12-23)19-22-15-6-4-9-20-18(15)27-19/h4,6,9,14H,3,5,7-8,10-13H2,1-2H3,(H,21,25). The van der Waals surface area contributed by atoms with E-state index in [2.05, 4.69) is 20.2 Å². The first-order valence-corrected chi connectivity index (χ1v) is 10.4. The third-order valence-electron chi connectivity index (χ3n) is 4.86. The number of fused-ring (bicyclic) bond motifs is 1. The van der Waals surface area contributed by atoms with Crippen molar-refractivity contribution in [2.75, 3.05) is 31.1 Å². The van der Waals surface area contributed by atoms with E-state index < -0.39 is 0 Å². The fraction of sp³-hybridized carbons (Fsp3) is 0.579. The lowest BCUT2D eigenvalue weighted by Crippen LogP contribution is -2.37. The van der Waals surface area contributed by atoms with Gasteiger partial charge in [0.05, 0.1) is 0 Å². The fourth-order valence-corrected chi connectivity index (χ4v) is 4.04. The first kappa shape index (κ1) is 19.5. The molecule has 3 rings (SSSR count). The van der Waals surface area contributed by atoms with Gasteiger partial charge in [-0.05, 0) is 31.9 Å². The smallest absolute Gasteiger partial charge is 0.223 e. The van der Waals surface area contributed by atoms with Crippen molar-refractivity contribution in [2.24, 2.45) is 0 Å². The van der Waals surface area contributed by atoms with Crippen LogP contribution in [0.2, 0.25) is 0 Å². The number of carbonyl (C=O) groups is 2. The molecule has 3 heterocycles. The van der Waals surface area contributed by atoms with Gasteiger partial charge in [-0.15, -0.1) is 0 Å². The van der Waals surface area contributed by atoms with Crippen LogP contribution in [0.4, 0.5) is 5.13 Å². The number of amides is 2. The molecule has 2 amide bonds. The van der Waals surface area contributed by atoms with Crippen LogP contribution in [-0.4, -0.2) is 58.9 Å². The average Bonchev–Trinajstić information content (AvgIpc) is 2.95. The number of thiazole rings is 1. The highest BCUT2D eigenvalue weighted by Crippen LogP contribution is 2.27. The van der Waals surface area contributed by atoms with Crippen molar-refractivity contribution in [3.63, 3.8) is 0 Å². The van der Waals surface area contributed by atoms with Gasteiger partial charge in [0.25, 0.3) is 0 Å². The maximum Gasteiger partial charge on any atom is 0.223 e. The van der Waals surface area contributed by atoms with Crippen LogP contribution in [0.25, 0.3) is 10.3 Å². The Morgan fingerprint density at radius 3 is 2.89 bits per heavy atom. The van der Waals surface area contributed by atoms with E-state index in [0.717, 1.165) is 48.0 Å². The maximum absolute atomic E-state index is 12.5. The van der Waals surface area contributed by atoms with Crippen LogP contribution in [-0.2, 0) is 9.59 Å². The van der Waals surface area contributed by atoms with Crippen molar-refractivity contribution >= 4 is 38.6 Å². The summed E-state index contributed by atoms with van der Waals surface area (Å²) in [4.78, 5) is 38.5. The van der Waals surface area contributed by atoms with E-state index in [9.17, 15) is 9.59 Å². The minimum absolute atomic E-state index is 0.0453. The molecular formula is C19H27N5O2S. The molecular weight excluding hydrogens is 362 g/mol. The Balaban J connectivity index is 1.51. The molecule has 0 radical (unpaired) electrons. The Morgan fingerprint density at radius 2 is 2.11 bits per heavy atom. The summed E-state index contributed by atoms with van der Waals surface area (Å²) in [6, 6.07) is 4.02. The molecule has 7 nitrogen and oxygen atoms in total. The lowest BCUT2D eigenvalue weighted by Gasteiger charge is -2.21. The van der Waals surface area contributed by atoms with E-state index in [1.165, 1.54) is 0 Å². The van der Waals surface area contributed by atoms with Crippen molar-refractivity contribution < 1.29 is 9.59 Å². The van der Waals surface area contributed by atoms with Crippen molar-refractivity contribution in [1.82, 2.24) is 20.2 Å². The van der Waals surface area contributed by atoms with Gasteiger partial charge in [-0.25, -0.2) is 9.97 Å². The molecule has 0 bridgehead atoms. The van der Waals surface area contributed by atoms with Gasteiger partial charge in [-0.1, -0.05) is 18.3 Å². The first-order valence-electron chi connectivity index (χ1n) is 9.60. The molecule has 0 saturated carbocycles. The molecule has 0 aliphatic carbocycles. The number of pyridine rings is 1. The average molecular weight is 390 g/mol. The summed E-state index contributed by atoms with van der Waals surface area (Å²) in [6.45, 7) is 7.02. The minimum atomic E-state index is -0.0453. The molecule has 0 spiro atoms. The normalized spacial score (nSPS) is 16.2. The van der Waals surface area contributed by atoms with Gasteiger partial charge < -0.3 is 15.1 Å². The van der Waals surface area contributed by atoms with E-state index >= 15 is 0 Å². The lowest BCUT2D eigenvalue weighted by atomic mass is 10.2. The molecule has 1 N–H and O–H groups in total. The Morgan fingerprint density at radius 1 is 1.26 bits per heavy atom. The molecule has 1 unspecified atom stereocenters. The second-order valence-electron chi connectivity index (χ2n) is 6.92. The van der Waals surface area contributed by atoms with E-state index in [-0.39, 0.29) is 30.7 Å². The third kappa shape index (κ3) is 5.15. The van der Waals surface area contributed by atoms with E-state index in [4.69, 9.17) is 0 Å². The third-order valence-corrected chi connectivity index (χ3v) is 5.90. The summed E-state index contributed by atoms with van der Waals surface area (Å²) in [5, 5.41) is 3.87. The number of nitrogens with one attached hydrogen (secondary N) is 1. The van der Waals surface area contributed by atoms with Crippen LogP contribution in [0.3, 0.4) is 0 Å². The van der Waals surface area contributed by atoms with Gasteiger partial charge >= 0.3 is 0 Å². The Kier molecular flexibility index (Phi) is 6.60. The van der Waals surface area contributed by atoms with Crippen LogP contribution in [0.15, 0.2) is 18.3 Å². The van der Waals surface area contributed by atoms with Crippen molar-refractivity contribution in [3.8, 4) is 0 Å². The molecule has 27 heavy (non-hydrogen) atoms. The first-order chi connectivity index (χ1) is 13.1. The molecule has 0 aromatic carbocycles. The summed E-state index contributed by atoms with van der Waals surface area (Å²) in [7, 11) is 0. The Bertz CT molecular complexity index is 760. The fourth-order valence-electron chi connectivity index (χ4n) is 3.08. The Hall–Kier alpha value is -2.22. The highest BCUT2D eigenvalue weighted by atomic mass is 32.1. The van der Waals surface area contributed by atoms with Crippen LogP contribution >= 0.6 is 11.3 Å². The summed E-state index contributed by atoms with van der Waals surface area (Å²) >= 11 is 1.59. The highest BCUT2D eigenvalue weighted by Gasteiger charge is 2.21. The van der Waals surface area contributed by atoms with Crippen molar-refractivity contribution in [2.45, 2.75) is 45.6 Å². The largest absolute Gasteiger partial charge is 0.354 e. The van der Waals surface area contributed by atoms with E-state index in [1.54, 1.807) is 17.5 Å². The quantitative estimate of drug-likeness (QED) is 0.821. The zero-order valence-corrected chi connectivity index (χ0v) is 16.8. The summed E-state index contributed by atoms with van der Waals surface area (Å²) in [5.41, 5.74) is 0.919. The monoisotopic (exact) mass is 389 g/mol. The molecule has 2 aromatic rings. The predicted molar refractivity (Wildman–Crippen MR) is 108 cm³/mol. The molecule has 146 valence electrons. The molecule has 1 atom stereocenters. The topological polar surface area (TPSA) is 78.4 Å². The van der Waals surface area contributed by atoms with Crippen molar-refractivity contribution in [1.29, 1.82) is 0 Å². The number of aromatic nitrogens is 2. The van der Waals surface area contributed by atoms with Gasteiger partial charge in [0.1, 0.15) is 10.3 Å². The summed E-state index contributed by atoms with van der Waals surface area (Å²) in [5.74, 6) is 0.0123. The van der Waals surface area contributed by atoms with Crippen LogP contribution in [0, 0.1) is 0 Å². The van der Waals surface area contributed by atoms with Gasteiger partial charge in [-0.2, -0.15) is 0 Å². The summed E-state index contributed by atoms with van der Waals surface area (Å²) in [6.07, 6.45) is 4.10. The highest BCUT2D eigenvalue weighted by molar-refractivity contribution is 7.21. The SMILES string of the molecule is CCC(C)NC(=O)CCC(=O)N1CCCN(c2nc3cccnc3s2)CC1. The van der Waals surface area contributed by atoms with E-state index in [0.29, 0.717) is 6.54 Å². The van der Waals surface area contributed by atoms with Gasteiger partial charge in [0.15, 0.2) is 5.13 Å². The number of hydrogen-bond donors (Lipinski definition) is 1. The van der Waals surface area contributed by atoms with Crippen LogP contribution in [0.1, 0.15) is 39.5 Å². The van der Waals surface area contributed by atoms with Gasteiger partial charge in [0, 0.05) is 51.3 Å². The second kappa shape index (κ2) is 9.12. The zero-order valence-electron chi connectivity index (χ0n) is 16.0. The van der Waals surface area contributed by atoms with E-state index in [1.807, 2.05) is 30.9 Å². The molecule has 1 aliphatic rings. The molecule has 2 aromatic heterocycles. The number of carbonyl (C=O) groups excluding carboxylic acids is 2. The lowest BCUT2D eigenvalue weighted by molar-refractivity contribution is -0.133. The number of nitrogens with zero attached hydrogens (tertiary/aromatic N) is 4. The van der Waals surface area contributed by atoms with Gasteiger partial charge in [-0.3, -0.25) is 9.59 Å². The van der Waals surface area contributed by atoms with Crippen LogP contribution in [0.5, 0.6) is 0 Å². The predicted octanol–water partition coefficient (Wildman–Crippen LogP) is 2.42. The van der Waals surface area contributed by atoms with Crippen LogP contribution < -0.4 is 10.2 Å². The second-order valence-corrected chi connectivity index (χ2v) is 7.88. The number of anilines is 1. The minimum Gasteiger partial charge on any atom is -0.354 e. The summed E-state index contributed by atoms with van der Waals surface area (Å²) < 4.78 is 0. The van der Waals surface area contributed by atoms with Gasteiger partial charge in [0.2, 0.25) is 11.8 Å². The number of rotatable bonds is 6. The van der Waals surface area contributed by atoms with Crippen molar-refractivity contribution in [3.05, 3.63) is 18.3 Å². The zero-order chi connectivity index (χ0) is 19.2. The molecule has 1 fully saturated rings. The molecule has 1 aliphatic heterocycles. The maximum atomic E-state index is 12.5. The number of hydrogen-bond acceptors (Lipinski definition) is 6. The molecule has 1 saturated heterocycles. The Labute approximate surface area is 163 Å². The molecule has 8 heteroatoms.